The molecule has 0 spiro atoms. The number of rotatable bonds is 2. The molecule has 2 amide bonds. The largest absolute Gasteiger partial charge is 0.459 e. The molecule has 26 heavy (non-hydrogen) atoms. The number of nitrogens with zero attached hydrogens (tertiary/aromatic N) is 3. The first-order chi connectivity index (χ1) is 12.6. The lowest BCUT2D eigenvalue weighted by Gasteiger charge is -2.37. The SMILES string of the molecule is CC1CCN(C(=O)C2CN(C(=O)c3ccco3)Cc3cccnc32)CC1. The van der Waals surface area contributed by atoms with Gasteiger partial charge >= 0.3 is 0 Å². The summed E-state index contributed by atoms with van der Waals surface area (Å²) in [6, 6.07) is 7.15. The molecule has 1 saturated heterocycles. The van der Waals surface area contributed by atoms with Crippen LogP contribution in [0.2, 0.25) is 0 Å². The maximum Gasteiger partial charge on any atom is 0.289 e. The van der Waals surface area contributed by atoms with Crippen molar-refractivity contribution in [3.05, 3.63) is 53.7 Å². The van der Waals surface area contributed by atoms with Gasteiger partial charge in [0.15, 0.2) is 5.76 Å². The third-order valence-electron chi connectivity index (χ3n) is 5.43. The van der Waals surface area contributed by atoms with E-state index in [0.29, 0.717) is 24.8 Å². The van der Waals surface area contributed by atoms with Crippen LogP contribution in [0.1, 0.15) is 47.5 Å². The summed E-state index contributed by atoms with van der Waals surface area (Å²) in [6.07, 6.45) is 5.27. The number of aromatic nitrogens is 1. The monoisotopic (exact) mass is 353 g/mol. The van der Waals surface area contributed by atoms with Crippen molar-refractivity contribution < 1.29 is 14.0 Å². The third-order valence-corrected chi connectivity index (χ3v) is 5.43. The Hall–Kier alpha value is -2.63. The van der Waals surface area contributed by atoms with Crippen molar-refractivity contribution in [1.82, 2.24) is 14.8 Å². The molecular weight excluding hydrogens is 330 g/mol. The molecule has 2 aromatic rings. The van der Waals surface area contributed by atoms with Gasteiger partial charge in [0, 0.05) is 32.4 Å². The number of likely N-dealkylation sites (tertiary alicyclic amines) is 1. The number of hydrogen-bond acceptors (Lipinski definition) is 4. The Morgan fingerprint density at radius 1 is 1.15 bits per heavy atom. The highest BCUT2D eigenvalue weighted by Gasteiger charge is 2.37. The minimum Gasteiger partial charge on any atom is -0.459 e. The molecule has 1 atom stereocenters. The topological polar surface area (TPSA) is 66.7 Å². The van der Waals surface area contributed by atoms with E-state index in [-0.39, 0.29) is 11.8 Å². The molecule has 4 rings (SSSR count). The maximum atomic E-state index is 13.2. The van der Waals surface area contributed by atoms with Crippen LogP contribution in [0.3, 0.4) is 0 Å². The van der Waals surface area contributed by atoms with Crippen LogP contribution in [0.4, 0.5) is 0 Å². The molecule has 0 N–H and O–H groups in total. The van der Waals surface area contributed by atoms with E-state index in [1.807, 2.05) is 17.0 Å². The average Bonchev–Trinajstić information content (AvgIpc) is 3.21. The highest BCUT2D eigenvalue weighted by molar-refractivity contribution is 5.93. The van der Waals surface area contributed by atoms with Crippen molar-refractivity contribution in [2.75, 3.05) is 19.6 Å². The second-order valence-corrected chi connectivity index (χ2v) is 7.27. The van der Waals surface area contributed by atoms with Crippen LogP contribution in [0, 0.1) is 5.92 Å². The van der Waals surface area contributed by atoms with Crippen molar-refractivity contribution in [2.24, 2.45) is 5.92 Å². The fraction of sp³-hybridized carbons (Fsp3) is 0.450. The highest BCUT2D eigenvalue weighted by Crippen LogP contribution is 2.30. The Labute approximate surface area is 152 Å². The summed E-state index contributed by atoms with van der Waals surface area (Å²) in [4.78, 5) is 34.1. The number of carbonyl (C=O) groups excluding carboxylic acids is 2. The van der Waals surface area contributed by atoms with E-state index in [4.69, 9.17) is 4.42 Å². The van der Waals surface area contributed by atoms with Gasteiger partial charge < -0.3 is 14.2 Å². The summed E-state index contributed by atoms with van der Waals surface area (Å²) in [7, 11) is 0. The van der Waals surface area contributed by atoms with Gasteiger partial charge in [-0.25, -0.2) is 0 Å². The zero-order chi connectivity index (χ0) is 18.1. The van der Waals surface area contributed by atoms with Crippen molar-refractivity contribution in [3.8, 4) is 0 Å². The number of hydrogen-bond donors (Lipinski definition) is 0. The molecule has 2 aliphatic rings. The predicted octanol–water partition coefficient (Wildman–Crippen LogP) is 2.67. The summed E-state index contributed by atoms with van der Waals surface area (Å²) < 4.78 is 5.26. The van der Waals surface area contributed by atoms with Crippen molar-refractivity contribution in [1.29, 1.82) is 0 Å². The minimum atomic E-state index is -0.410. The van der Waals surface area contributed by atoms with Crippen molar-refractivity contribution in [2.45, 2.75) is 32.2 Å². The molecule has 0 aliphatic carbocycles. The molecule has 0 saturated carbocycles. The molecule has 0 radical (unpaired) electrons. The fourth-order valence-electron chi connectivity index (χ4n) is 3.83. The summed E-state index contributed by atoms with van der Waals surface area (Å²) >= 11 is 0. The van der Waals surface area contributed by atoms with Gasteiger partial charge in [-0.2, -0.15) is 0 Å². The van der Waals surface area contributed by atoms with Crippen LogP contribution in [0.5, 0.6) is 0 Å². The maximum absolute atomic E-state index is 13.2. The van der Waals surface area contributed by atoms with E-state index in [1.165, 1.54) is 6.26 Å². The molecule has 2 aliphatic heterocycles. The van der Waals surface area contributed by atoms with Gasteiger partial charge in [-0.05, 0) is 42.5 Å². The van der Waals surface area contributed by atoms with Crippen molar-refractivity contribution >= 4 is 11.8 Å². The number of piperidine rings is 1. The van der Waals surface area contributed by atoms with Gasteiger partial charge in [-0.3, -0.25) is 14.6 Å². The Kier molecular flexibility index (Phi) is 4.49. The Morgan fingerprint density at radius 2 is 1.96 bits per heavy atom. The quantitative estimate of drug-likeness (QED) is 0.832. The van der Waals surface area contributed by atoms with Crippen LogP contribution in [-0.4, -0.2) is 46.2 Å². The zero-order valence-corrected chi connectivity index (χ0v) is 14.9. The van der Waals surface area contributed by atoms with Crippen LogP contribution < -0.4 is 0 Å². The molecule has 0 aromatic carbocycles. The summed E-state index contributed by atoms with van der Waals surface area (Å²) in [6.45, 7) is 4.58. The van der Waals surface area contributed by atoms with Crippen LogP contribution in [-0.2, 0) is 11.3 Å². The highest BCUT2D eigenvalue weighted by atomic mass is 16.3. The van der Waals surface area contributed by atoms with Gasteiger partial charge in [-0.15, -0.1) is 0 Å². The molecule has 2 aromatic heterocycles. The van der Waals surface area contributed by atoms with E-state index in [9.17, 15) is 9.59 Å². The molecule has 6 nitrogen and oxygen atoms in total. The average molecular weight is 353 g/mol. The fourth-order valence-corrected chi connectivity index (χ4v) is 3.83. The molecule has 1 unspecified atom stereocenters. The normalized spacial score (nSPS) is 20.7. The molecule has 0 bridgehead atoms. The van der Waals surface area contributed by atoms with Gasteiger partial charge in [0.25, 0.3) is 5.91 Å². The minimum absolute atomic E-state index is 0.0776. The molecule has 1 fully saturated rings. The predicted molar refractivity (Wildman–Crippen MR) is 95.4 cm³/mol. The van der Waals surface area contributed by atoms with Crippen LogP contribution in [0.25, 0.3) is 0 Å². The van der Waals surface area contributed by atoms with E-state index >= 15 is 0 Å². The van der Waals surface area contributed by atoms with E-state index in [1.54, 1.807) is 23.2 Å². The molecular formula is C20H23N3O3. The lowest BCUT2D eigenvalue weighted by Crippen LogP contribution is -2.47. The number of pyridine rings is 1. The van der Waals surface area contributed by atoms with Gasteiger partial charge in [0.2, 0.25) is 5.91 Å². The summed E-state index contributed by atoms with van der Waals surface area (Å²) in [5, 5.41) is 0. The molecule has 4 heterocycles. The zero-order valence-electron chi connectivity index (χ0n) is 14.9. The number of fused-ring (bicyclic) bond motifs is 1. The first kappa shape index (κ1) is 16.8. The number of furan rings is 1. The molecule has 6 heteroatoms. The number of amides is 2. The first-order valence-electron chi connectivity index (χ1n) is 9.19. The van der Waals surface area contributed by atoms with E-state index < -0.39 is 5.92 Å². The number of carbonyl (C=O) groups is 2. The Balaban J connectivity index is 1.60. The van der Waals surface area contributed by atoms with Gasteiger partial charge in [0.1, 0.15) is 0 Å². The van der Waals surface area contributed by atoms with Crippen LogP contribution >= 0.6 is 0 Å². The summed E-state index contributed by atoms with van der Waals surface area (Å²) in [5.41, 5.74) is 1.74. The summed E-state index contributed by atoms with van der Waals surface area (Å²) in [5.74, 6) is 0.443. The van der Waals surface area contributed by atoms with E-state index in [2.05, 4.69) is 11.9 Å². The second-order valence-electron chi connectivity index (χ2n) is 7.27. The third kappa shape index (κ3) is 3.11. The second kappa shape index (κ2) is 6.94. The van der Waals surface area contributed by atoms with Crippen molar-refractivity contribution in [3.63, 3.8) is 0 Å². The van der Waals surface area contributed by atoms with Gasteiger partial charge in [0.05, 0.1) is 17.9 Å². The first-order valence-corrected chi connectivity index (χ1v) is 9.19. The smallest absolute Gasteiger partial charge is 0.289 e. The Morgan fingerprint density at radius 3 is 2.69 bits per heavy atom. The van der Waals surface area contributed by atoms with E-state index in [0.717, 1.165) is 37.2 Å². The Bertz CT molecular complexity index is 794. The van der Waals surface area contributed by atoms with Crippen LogP contribution in [0.15, 0.2) is 41.1 Å². The molecule has 136 valence electrons. The van der Waals surface area contributed by atoms with Gasteiger partial charge in [-0.1, -0.05) is 13.0 Å². The standard InChI is InChI=1S/C20H23N3O3/c1-14-6-9-22(10-7-14)19(24)16-13-23(20(25)17-5-3-11-26-17)12-15-4-2-8-21-18(15)16/h2-5,8,11,14,16H,6-7,9-10,12-13H2,1H3. The lowest BCUT2D eigenvalue weighted by atomic mass is 9.91. The lowest BCUT2D eigenvalue weighted by molar-refractivity contribution is -0.134.